The van der Waals surface area contributed by atoms with Gasteiger partial charge < -0.3 is 15.5 Å². The van der Waals surface area contributed by atoms with Crippen molar-refractivity contribution < 1.29 is 4.79 Å². The van der Waals surface area contributed by atoms with Gasteiger partial charge in [-0.15, -0.1) is 35.3 Å². The quantitative estimate of drug-likeness (QED) is 0.362. The van der Waals surface area contributed by atoms with Crippen molar-refractivity contribution in [3.63, 3.8) is 0 Å². The summed E-state index contributed by atoms with van der Waals surface area (Å²) in [7, 11) is 0. The van der Waals surface area contributed by atoms with E-state index in [1.807, 2.05) is 18.7 Å². The van der Waals surface area contributed by atoms with E-state index >= 15 is 0 Å². The van der Waals surface area contributed by atoms with Crippen molar-refractivity contribution >= 4 is 47.2 Å². The van der Waals surface area contributed by atoms with E-state index in [2.05, 4.69) is 42.0 Å². The van der Waals surface area contributed by atoms with Gasteiger partial charge in [0.2, 0.25) is 5.91 Å². The minimum atomic E-state index is 0. The number of carbonyl (C=O) groups is 1. The Morgan fingerprint density at radius 1 is 1.35 bits per heavy atom. The Morgan fingerprint density at radius 2 is 2.04 bits per heavy atom. The van der Waals surface area contributed by atoms with E-state index < -0.39 is 0 Å². The van der Waals surface area contributed by atoms with Crippen LogP contribution in [0.25, 0.3) is 0 Å². The average molecular weight is 492 g/mol. The summed E-state index contributed by atoms with van der Waals surface area (Å²) in [6, 6.07) is 4.65. The van der Waals surface area contributed by atoms with Crippen molar-refractivity contribution in [2.24, 2.45) is 10.9 Å². The van der Waals surface area contributed by atoms with Crippen molar-refractivity contribution in [1.82, 2.24) is 15.5 Å². The molecule has 0 aliphatic carbocycles. The van der Waals surface area contributed by atoms with Gasteiger partial charge in [0.05, 0.1) is 6.54 Å². The number of nitrogens with one attached hydrogen (secondary N) is 2. The summed E-state index contributed by atoms with van der Waals surface area (Å²) in [5, 5.41) is 9.01. The highest BCUT2D eigenvalue weighted by atomic mass is 127. The highest BCUT2D eigenvalue weighted by Gasteiger charge is 2.24. The summed E-state index contributed by atoms with van der Waals surface area (Å²) in [6.07, 6.45) is 1.95. The normalized spacial score (nSPS) is 17.0. The number of likely N-dealkylation sites (tertiary alicyclic amines) is 1. The van der Waals surface area contributed by atoms with Crippen LogP contribution in [0, 0.1) is 5.92 Å². The maximum atomic E-state index is 12.1. The molecule has 1 amide bonds. The monoisotopic (exact) mass is 492 g/mol. The topological polar surface area (TPSA) is 56.7 Å². The van der Waals surface area contributed by atoms with Crippen LogP contribution in [-0.2, 0) is 4.79 Å². The lowest BCUT2D eigenvalue weighted by Gasteiger charge is -2.34. The van der Waals surface area contributed by atoms with Gasteiger partial charge in [0, 0.05) is 42.4 Å². The molecule has 1 aliphatic heterocycles. The zero-order chi connectivity index (χ0) is 18.2. The Balaban J connectivity index is 0.00000338. The highest BCUT2D eigenvalue weighted by Crippen LogP contribution is 2.20. The first-order valence-electron chi connectivity index (χ1n) is 9.38. The molecule has 0 spiro atoms. The van der Waals surface area contributed by atoms with Crippen LogP contribution >= 0.6 is 35.3 Å². The molecule has 1 aromatic rings. The molecule has 2 N–H and O–H groups in total. The summed E-state index contributed by atoms with van der Waals surface area (Å²) < 4.78 is 0. The summed E-state index contributed by atoms with van der Waals surface area (Å²) in [4.78, 5) is 20.2. The molecule has 7 heteroatoms. The fraction of sp³-hybridized carbons (Fsp3) is 0.684. The number of rotatable bonds is 6. The van der Waals surface area contributed by atoms with Crippen molar-refractivity contribution in [2.45, 2.75) is 52.5 Å². The second-order valence-electron chi connectivity index (χ2n) is 7.03. The van der Waals surface area contributed by atoms with E-state index in [1.165, 1.54) is 4.88 Å². The predicted molar refractivity (Wildman–Crippen MR) is 122 cm³/mol. The van der Waals surface area contributed by atoms with Gasteiger partial charge in [-0.25, -0.2) is 0 Å². The molecule has 26 heavy (non-hydrogen) atoms. The number of carbonyl (C=O) groups excluding carboxylic acids is 1. The maximum absolute atomic E-state index is 12.1. The van der Waals surface area contributed by atoms with Crippen molar-refractivity contribution in [3.05, 3.63) is 22.4 Å². The lowest BCUT2D eigenvalue weighted by atomic mass is 10.0. The molecule has 1 aliphatic rings. The Morgan fingerprint density at radius 3 is 2.58 bits per heavy atom. The van der Waals surface area contributed by atoms with E-state index in [-0.39, 0.29) is 35.8 Å². The van der Waals surface area contributed by atoms with Gasteiger partial charge in [0.25, 0.3) is 0 Å². The van der Waals surface area contributed by atoms with Gasteiger partial charge >= 0.3 is 0 Å². The highest BCUT2D eigenvalue weighted by molar-refractivity contribution is 14.0. The molecule has 2 rings (SSSR count). The molecule has 1 atom stereocenters. The standard InChI is InChI=1S/C19H32N4OS.HI/c1-5-20-19(21-13-15(4)17-7-6-12-25-17)22-16-8-10-23(11-9-16)18(24)14(2)3;/h6-7,12,14-16H,5,8-11,13H2,1-4H3,(H2,20,21,22);1H. The summed E-state index contributed by atoms with van der Waals surface area (Å²) >= 11 is 1.79. The molecule has 1 aromatic heterocycles. The number of hydrogen-bond donors (Lipinski definition) is 2. The van der Waals surface area contributed by atoms with E-state index in [9.17, 15) is 4.79 Å². The molecular weight excluding hydrogens is 459 g/mol. The lowest BCUT2D eigenvalue weighted by Crippen LogP contribution is -2.50. The van der Waals surface area contributed by atoms with Crippen LogP contribution in [0.5, 0.6) is 0 Å². The van der Waals surface area contributed by atoms with Crippen LogP contribution in [0.3, 0.4) is 0 Å². The minimum Gasteiger partial charge on any atom is -0.357 e. The van der Waals surface area contributed by atoms with E-state index in [0.29, 0.717) is 12.0 Å². The van der Waals surface area contributed by atoms with Crippen LogP contribution < -0.4 is 10.6 Å². The molecular formula is C19H33IN4OS. The average Bonchev–Trinajstić information content (AvgIpc) is 3.14. The smallest absolute Gasteiger partial charge is 0.225 e. The number of hydrogen-bond acceptors (Lipinski definition) is 3. The lowest BCUT2D eigenvalue weighted by molar-refractivity contribution is -0.135. The molecule has 148 valence electrons. The van der Waals surface area contributed by atoms with Gasteiger partial charge in [-0.3, -0.25) is 9.79 Å². The second-order valence-corrected chi connectivity index (χ2v) is 8.01. The first-order chi connectivity index (χ1) is 12.0. The van der Waals surface area contributed by atoms with Gasteiger partial charge in [0.15, 0.2) is 5.96 Å². The fourth-order valence-electron chi connectivity index (χ4n) is 3.01. The van der Waals surface area contributed by atoms with E-state index in [0.717, 1.165) is 45.0 Å². The second kappa shape index (κ2) is 11.8. The number of thiophene rings is 1. The third-order valence-corrected chi connectivity index (χ3v) is 5.64. The van der Waals surface area contributed by atoms with Crippen LogP contribution in [0.15, 0.2) is 22.5 Å². The first-order valence-corrected chi connectivity index (χ1v) is 10.3. The Kier molecular flexibility index (Phi) is 10.5. The van der Waals surface area contributed by atoms with Crippen LogP contribution in [0.4, 0.5) is 0 Å². The largest absolute Gasteiger partial charge is 0.357 e. The van der Waals surface area contributed by atoms with Crippen molar-refractivity contribution in [2.75, 3.05) is 26.2 Å². The molecule has 1 fully saturated rings. The van der Waals surface area contributed by atoms with Gasteiger partial charge in [-0.2, -0.15) is 0 Å². The summed E-state index contributed by atoms with van der Waals surface area (Å²) in [6.45, 7) is 11.5. The Bertz CT molecular complexity index is 554. The third kappa shape index (κ3) is 7.06. The first kappa shape index (κ1) is 23.2. The Labute approximate surface area is 179 Å². The molecule has 0 aromatic carbocycles. The molecule has 2 heterocycles. The molecule has 5 nitrogen and oxygen atoms in total. The number of aliphatic imine (C=N–C) groups is 1. The summed E-state index contributed by atoms with van der Waals surface area (Å²) in [5.74, 6) is 1.67. The van der Waals surface area contributed by atoms with Crippen molar-refractivity contribution in [1.29, 1.82) is 0 Å². The number of nitrogens with zero attached hydrogens (tertiary/aromatic N) is 2. The van der Waals surface area contributed by atoms with E-state index in [1.54, 1.807) is 11.3 Å². The van der Waals surface area contributed by atoms with Crippen LogP contribution in [0.2, 0.25) is 0 Å². The van der Waals surface area contributed by atoms with Crippen molar-refractivity contribution in [3.8, 4) is 0 Å². The van der Waals surface area contributed by atoms with Gasteiger partial charge in [0.1, 0.15) is 0 Å². The Hall–Kier alpha value is -0.830. The summed E-state index contributed by atoms with van der Waals surface area (Å²) in [5.41, 5.74) is 0. The number of halogens is 1. The number of amides is 1. The maximum Gasteiger partial charge on any atom is 0.225 e. The number of guanidine groups is 1. The predicted octanol–water partition coefficient (Wildman–Crippen LogP) is 3.67. The fourth-order valence-corrected chi connectivity index (χ4v) is 3.79. The van der Waals surface area contributed by atoms with Gasteiger partial charge in [-0.1, -0.05) is 26.8 Å². The molecule has 0 bridgehead atoms. The van der Waals surface area contributed by atoms with Gasteiger partial charge in [-0.05, 0) is 31.2 Å². The molecule has 1 saturated heterocycles. The third-order valence-electron chi connectivity index (χ3n) is 4.54. The van der Waals surface area contributed by atoms with Crippen LogP contribution in [0.1, 0.15) is 51.3 Å². The zero-order valence-corrected chi connectivity index (χ0v) is 19.5. The SMILES string of the molecule is CCNC(=NCC(C)c1cccs1)NC1CCN(C(=O)C(C)C)CC1.I. The van der Waals surface area contributed by atoms with E-state index in [4.69, 9.17) is 4.99 Å². The number of piperidine rings is 1. The molecule has 0 radical (unpaired) electrons. The molecule has 1 unspecified atom stereocenters. The zero-order valence-electron chi connectivity index (χ0n) is 16.3. The van der Waals surface area contributed by atoms with Crippen LogP contribution in [-0.4, -0.2) is 49.0 Å². The minimum absolute atomic E-state index is 0. The molecule has 0 saturated carbocycles.